The molecule has 146 valence electrons. The third-order valence-corrected chi connectivity index (χ3v) is 6.43. The van der Waals surface area contributed by atoms with Crippen LogP contribution in [0.25, 0.3) is 0 Å². The molecule has 1 aliphatic carbocycles. The Morgan fingerprint density at radius 2 is 1.93 bits per heavy atom. The van der Waals surface area contributed by atoms with Gasteiger partial charge in [-0.3, -0.25) is 14.4 Å². The lowest BCUT2D eigenvalue weighted by atomic mass is 10.2. The zero-order valence-electron chi connectivity index (χ0n) is 15.4. The molecule has 1 aromatic carbocycles. The van der Waals surface area contributed by atoms with Gasteiger partial charge in [0.15, 0.2) is 0 Å². The Hall–Kier alpha value is -2.38. The van der Waals surface area contributed by atoms with Crippen molar-refractivity contribution in [2.24, 2.45) is 5.92 Å². The van der Waals surface area contributed by atoms with Gasteiger partial charge in [0.1, 0.15) is 6.04 Å². The van der Waals surface area contributed by atoms with Crippen LogP contribution < -0.4 is 10.2 Å². The first kappa shape index (κ1) is 19.0. The number of nitrogens with one attached hydrogen (secondary N) is 1. The van der Waals surface area contributed by atoms with Gasteiger partial charge in [0, 0.05) is 19.5 Å². The van der Waals surface area contributed by atoms with Crippen molar-refractivity contribution >= 4 is 51.3 Å². The van der Waals surface area contributed by atoms with Crippen LogP contribution in [-0.4, -0.2) is 42.3 Å². The number of thiophene rings is 1. The lowest BCUT2D eigenvalue weighted by Crippen LogP contribution is -2.42. The predicted molar refractivity (Wildman–Crippen MR) is 110 cm³/mol. The molecule has 2 heterocycles. The molecule has 28 heavy (non-hydrogen) atoms. The topological polar surface area (TPSA) is 69.7 Å². The number of halogens is 1. The normalized spacial score (nSPS) is 19.0. The van der Waals surface area contributed by atoms with Gasteiger partial charge in [-0.1, -0.05) is 23.7 Å². The quantitative estimate of drug-likeness (QED) is 0.807. The van der Waals surface area contributed by atoms with Crippen molar-refractivity contribution in [1.82, 2.24) is 4.90 Å². The maximum Gasteiger partial charge on any atom is 0.264 e. The number of rotatable bonds is 5. The zero-order valence-corrected chi connectivity index (χ0v) is 16.9. The number of carbonyl (C=O) groups is 3. The molecule has 3 amide bonds. The number of amides is 3. The number of nitrogens with zero attached hydrogens (tertiary/aromatic N) is 2. The second kappa shape index (κ2) is 7.56. The highest BCUT2D eigenvalue weighted by atomic mass is 35.5. The number of hydrogen-bond donors (Lipinski definition) is 1. The molecule has 8 heteroatoms. The minimum atomic E-state index is -0.532. The molecule has 1 saturated carbocycles. The standard InChI is InChI=1S/C20H20ClN3O3S/c1-23(15-10-11-24(19(15)26)14-5-3-2-4-13(14)21)20(27)16-8-9-17(28-16)22-18(25)12-6-7-12/h2-5,8-9,12,15H,6-7,10-11H2,1H3,(H,22,25). The highest BCUT2D eigenvalue weighted by Crippen LogP contribution is 2.33. The second-order valence-corrected chi connectivity index (χ2v) is 8.58. The summed E-state index contributed by atoms with van der Waals surface area (Å²) < 4.78 is 0. The van der Waals surface area contributed by atoms with Gasteiger partial charge in [0.25, 0.3) is 5.91 Å². The van der Waals surface area contributed by atoms with Crippen molar-refractivity contribution in [3.05, 3.63) is 46.3 Å². The Kier molecular flexibility index (Phi) is 5.12. The molecule has 0 radical (unpaired) electrons. The molecular weight excluding hydrogens is 398 g/mol. The minimum absolute atomic E-state index is 0.00977. The van der Waals surface area contributed by atoms with E-state index in [4.69, 9.17) is 11.6 Å². The third kappa shape index (κ3) is 3.64. The molecule has 1 unspecified atom stereocenters. The lowest BCUT2D eigenvalue weighted by Gasteiger charge is -2.24. The molecule has 6 nitrogen and oxygen atoms in total. The van der Waals surface area contributed by atoms with Gasteiger partial charge in [0.2, 0.25) is 11.8 Å². The first-order chi connectivity index (χ1) is 13.5. The van der Waals surface area contributed by atoms with E-state index in [1.165, 1.54) is 16.2 Å². The number of para-hydroxylation sites is 1. The van der Waals surface area contributed by atoms with Crippen LogP contribution in [0.1, 0.15) is 28.9 Å². The Labute approximate surface area is 172 Å². The first-order valence-corrected chi connectivity index (χ1v) is 10.4. The van der Waals surface area contributed by atoms with Crippen LogP contribution in [0, 0.1) is 5.92 Å². The van der Waals surface area contributed by atoms with Gasteiger partial charge in [0.05, 0.1) is 20.6 Å². The Morgan fingerprint density at radius 1 is 1.18 bits per heavy atom. The average molecular weight is 418 g/mol. The zero-order chi connectivity index (χ0) is 19.8. The minimum Gasteiger partial charge on any atom is -0.329 e. The summed E-state index contributed by atoms with van der Waals surface area (Å²) in [5, 5.41) is 4.02. The van der Waals surface area contributed by atoms with E-state index >= 15 is 0 Å². The summed E-state index contributed by atoms with van der Waals surface area (Å²) >= 11 is 7.45. The fraction of sp³-hybridized carbons (Fsp3) is 0.350. The van der Waals surface area contributed by atoms with Gasteiger partial charge in [-0.25, -0.2) is 0 Å². The molecule has 0 spiro atoms. The first-order valence-electron chi connectivity index (χ1n) is 9.19. The summed E-state index contributed by atoms with van der Waals surface area (Å²) in [6, 6.07) is 10.1. The monoisotopic (exact) mass is 417 g/mol. The van der Waals surface area contributed by atoms with E-state index in [1.54, 1.807) is 36.2 Å². The highest BCUT2D eigenvalue weighted by molar-refractivity contribution is 7.18. The summed E-state index contributed by atoms with van der Waals surface area (Å²) in [4.78, 5) is 41.2. The largest absolute Gasteiger partial charge is 0.329 e. The molecule has 1 saturated heterocycles. The summed E-state index contributed by atoms with van der Waals surface area (Å²) in [5.74, 6) is -0.245. The van der Waals surface area contributed by atoms with Crippen molar-refractivity contribution in [3.8, 4) is 0 Å². The Morgan fingerprint density at radius 3 is 2.64 bits per heavy atom. The molecule has 2 aromatic rings. The number of anilines is 2. The average Bonchev–Trinajstić information content (AvgIpc) is 3.33. The lowest BCUT2D eigenvalue weighted by molar-refractivity contribution is -0.120. The highest BCUT2D eigenvalue weighted by Gasteiger charge is 2.38. The molecular formula is C20H20ClN3O3S. The van der Waals surface area contributed by atoms with Crippen LogP contribution in [0.4, 0.5) is 10.7 Å². The van der Waals surface area contributed by atoms with Crippen LogP contribution in [-0.2, 0) is 9.59 Å². The van der Waals surface area contributed by atoms with E-state index in [0.717, 1.165) is 12.8 Å². The molecule has 1 N–H and O–H groups in total. The predicted octanol–water partition coefficient (Wildman–Crippen LogP) is 3.63. The van der Waals surface area contributed by atoms with Gasteiger partial charge >= 0.3 is 0 Å². The van der Waals surface area contributed by atoms with E-state index < -0.39 is 6.04 Å². The fourth-order valence-electron chi connectivity index (χ4n) is 3.34. The van der Waals surface area contributed by atoms with Gasteiger partial charge in [-0.15, -0.1) is 11.3 Å². The number of likely N-dealkylation sites (N-methyl/N-ethyl adjacent to an activating group) is 1. The maximum absolute atomic E-state index is 12.9. The molecule has 2 aliphatic rings. The van der Waals surface area contributed by atoms with Crippen LogP contribution in [0.5, 0.6) is 0 Å². The summed E-state index contributed by atoms with van der Waals surface area (Å²) in [7, 11) is 1.64. The van der Waals surface area contributed by atoms with Crippen molar-refractivity contribution in [2.45, 2.75) is 25.3 Å². The molecule has 1 atom stereocenters. The second-order valence-electron chi connectivity index (χ2n) is 7.09. The van der Waals surface area contributed by atoms with Crippen LogP contribution in [0.15, 0.2) is 36.4 Å². The van der Waals surface area contributed by atoms with Crippen molar-refractivity contribution in [2.75, 3.05) is 23.8 Å². The smallest absolute Gasteiger partial charge is 0.264 e. The molecule has 2 fully saturated rings. The molecule has 1 aromatic heterocycles. The van der Waals surface area contributed by atoms with Crippen LogP contribution in [0.2, 0.25) is 5.02 Å². The Balaban J connectivity index is 1.44. The van der Waals surface area contributed by atoms with E-state index in [1.807, 2.05) is 12.1 Å². The number of hydrogen-bond acceptors (Lipinski definition) is 4. The number of benzene rings is 1. The fourth-order valence-corrected chi connectivity index (χ4v) is 4.47. The van der Waals surface area contributed by atoms with Gasteiger partial charge in [-0.2, -0.15) is 0 Å². The number of carbonyl (C=O) groups excluding carboxylic acids is 3. The van der Waals surface area contributed by atoms with Gasteiger partial charge in [-0.05, 0) is 43.5 Å². The van der Waals surface area contributed by atoms with E-state index in [0.29, 0.717) is 33.6 Å². The summed E-state index contributed by atoms with van der Waals surface area (Å²) in [5.41, 5.74) is 0.665. The van der Waals surface area contributed by atoms with E-state index in [9.17, 15) is 14.4 Å². The van der Waals surface area contributed by atoms with Gasteiger partial charge < -0.3 is 15.1 Å². The molecule has 1 aliphatic heterocycles. The SMILES string of the molecule is CN(C(=O)c1ccc(NC(=O)C2CC2)s1)C1CCN(c2ccccc2Cl)C1=O. The summed E-state index contributed by atoms with van der Waals surface area (Å²) in [6.07, 6.45) is 2.40. The van der Waals surface area contributed by atoms with Crippen molar-refractivity contribution < 1.29 is 14.4 Å². The van der Waals surface area contributed by atoms with Crippen molar-refractivity contribution in [3.63, 3.8) is 0 Å². The van der Waals surface area contributed by atoms with E-state index in [2.05, 4.69) is 5.32 Å². The van der Waals surface area contributed by atoms with Crippen molar-refractivity contribution in [1.29, 1.82) is 0 Å². The molecule has 0 bridgehead atoms. The third-order valence-electron chi connectivity index (χ3n) is 5.12. The maximum atomic E-state index is 12.9. The van der Waals surface area contributed by atoms with Crippen LogP contribution >= 0.6 is 22.9 Å². The Bertz CT molecular complexity index is 940. The molecule has 4 rings (SSSR count). The summed E-state index contributed by atoms with van der Waals surface area (Å²) in [6.45, 7) is 0.512. The van der Waals surface area contributed by atoms with E-state index in [-0.39, 0.29) is 23.6 Å². The van der Waals surface area contributed by atoms with Crippen LogP contribution in [0.3, 0.4) is 0 Å².